The zero-order valence-corrected chi connectivity index (χ0v) is 9.84. The van der Waals surface area contributed by atoms with Crippen molar-refractivity contribution in [3.63, 3.8) is 0 Å². The smallest absolute Gasteiger partial charge is 0.381 e. The molecule has 0 aliphatic heterocycles. The first-order chi connectivity index (χ1) is 8.95. The summed E-state index contributed by atoms with van der Waals surface area (Å²) in [5.41, 5.74) is 0.467. The predicted molar refractivity (Wildman–Crippen MR) is 65.2 cm³/mol. The monoisotopic (exact) mass is 269 g/mol. The molecule has 19 heavy (non-hydrogen) atoms. The minimum absolute atomic E-state index is 0.335. The highest BCUT2D eigenvalue weighted by Gasteiger charge is 2.30. The summed E-state index contributed by atoms with van der Waals surface area (Å²) in [4.78, 5) is 0. The standard InChI is InChI=1S/C14H11F4N/c15-12-6-4-10(5-7-12)9-19-13-3-1-2-11(8-13)14(16,17)18/h1-8,19H,9H2. The third-order valence-corrected chi connectivity index (χ3v) is 2.60. The van der Waals surface area contributed by atoms with E-state index in [4.69, 9.17) is 0 Å². The predicted octanol–water partition coefficient (Wildman–Crippen LogP) is 4.46. The van der Waals surface area contributed by atoms with E-state index in [0.29, 0.717) is 12.2 Å². The zero-order valence-electron chi connectivity index (χ0n) is 9.84. The molecule has 0 radical (unpaired) electrons. The molecular weight excluding hydrogens is 258 g/mol. The van der Waals surface area contributed by atoms with Gasteiger partial charge in [0, 0.05) is 12.2 Å². The average Bonchev–Trinajstić information content (AvgIpc) is 2.37. The first-order valence-corrected chi connectivity index (χ1v) is 5.61. The summed E-state index contributed by atoms with van der Waals surface area (Å²) in [6.45, 7) is 0.335. The number of anilines is 1. The minimum Gasteiger partial charge on any atom is -0.381 e. The third kappa shape index (κ3) is 3.71. The quantitative estimate of drug-likeness (QED) is 0.811. The second kappa shape index (κ2) is 5.30. The lowest BCUT2D eigenvalue weighted by molar-refractivity contribution is -0.137. The molecule has 0 atom stereocenters. The topological polar surface area (TPSA) is 12.0 Å². The number of hydrogen-bond acceptors (Lipinski definition) is 1. The minimum atomic E-state index is -4.35. The summed E-state index contributed by atoms with van der Waals surface area (Å²) in [5.74, 6) is -0.345. The lowest BCUT2D eigenvalue weighted by atomic mass is 10.2. The van der Waals surface area contributed by atoms with E-state index in [1.165, 1.54) is 18.2 Å². The summed E-state index contributed by atoms with van der Waals surface area (Å²) < 4.78 is 50.2. The van der Waals surface area contributed by atoms with Gasteiger partial charge in [-0.05, 0) is 35.9 Å². The Hall–Kier alpha value is -2.04. The Morgan fingerprint density at radius 3 is 2.26 bits per heavy atom. The largest absolute Gasteiger partial charge is 0.416 e. The number of benzene rings is 2. The third-order valence-electron chi connectivity index (χ3n) is 2.60. The van der Waals surface area contributed by atoms with Gasteiger partial charge in [0.25, 0.3) is 0 Å². The van der Waals surface area contributed by atoms with Gasteiger partial charge in [-0.25, -0.2) is 4.39 Å². The van der Waals surface area contributed by atoms with E-state index in [2.05, 4.69) is 5.32 Å². The van der Waals surface area contributed by atoms with Crippen LogP contribution in [0.1, 0.15) is 11.1 Å². The lowest BCUT2D eigenvalue weighted by Crippen LogP contribution is -2.06. The number of alkyl halides is 3. The molecule has 0 aliphatic carbocycles. The van der Waals surface area contributed by atoms with Crippen LogP contribution in [0, 0.1) is 5.82 Å². The van der Waals surface area contributed by atoms with E-state index in [0.717, 1.165) is 17.7 Å². The Labute approximate surface area is 107 Å². The maximum atomic E-state index is 12.7. The summed E-state index contributed by atoms with van der Waals surface area (Å²) >= 11 is 0. The van der Waals surface area contributed by atoms with Crippen molar-refractivity contribution in [2.45, 2.75) is 12.7 Å². The van der Waals surface area contributed by atoms with Crippen molar-refractivity contribution in [1.82, 2.24) is 0 Å². The highest BCUT2D eigenvalue weighted by Crippen LogP contribution is 2.30. The lowest BCUT2D eigenvalue weighted by Gasteiger charge is -2.10. The molecule has 1 nitrogen and oxygen atoms in total. The Bertz CT molecular complexity index is 546. The van der Waals surface area contributed by atoms with Crippen molar-refractivity contribution < 1.29 is 17.6 Å². The van der Waals surface area contributed by atoms with Gasteiger partial charge in [-0.3, -0.25) is 0 Å². The van der Waals surface area contributed by atoms with Gasteiger partial charge >= 0.3 is 6.18 Å². The average molecular weight is 269 g/mol. The Morgan fingerprint density at radius 1 is 0.947 bits per heavy atom. The van der Waals surface area contributed by atoms with Gasteiger partial charge in [0.05, 0.1) is 5.56 Å². The van der Waals surface area contributed by atoms with Crippen molar-refractivity contribution in [1.29, 1.82) is 0 Å². The van der Waals surface area contributed by atoms with Crippen LogP contribution in [-0.2, 0) is 12.7 Å². The molecule has 100 valence electrons. The van der Waals surface area contributed by atoms with Crippen LogP contribution in [0.4, 0.5) is 23.2 Å². The van der Waals surface area contributed by atoms with E-state index in [1.807, 2.05) is 0 Å². The van der Waals surface area contributed by atoms with Crippen molar-refractivity contribution >= 4 is 5.69 Å². The van der Waals surface area contributed by atoms with E-state index in [1.54, 1.807) is 18.2 Å². The first kappa shape index (κ1) is 13.4. The van der Waals surface area contributed by atoms with Gasteiger partial charge in [-0.15, -0.1) is 0 Å². The summed E-state index contributed by atoms with van der Waals surface area (Å²) in [5, 5.41) is 2.87. The highest BCUT2D eigenvalue weighted by molar-refractivity contribution is 5.47. The van der Waals surface area contributed by atoms with Gasteiger partial charge in [0.15, 0.2) is 0 Å². The van der Waals surface area contributed by atoms with Crippen molar-refractivity contribution in [3.05, 3.63) is 65.5 Å². The van der Waals surface area contributed by atoms with Gasteiger partial charge in [-0.2, -0.15) is 13.2 Å². The van der Waals surface area contributed by atoms with E-state index < -0.39 is 11.7 Å². The van der Waals surface area contributed by atoms with Gasteiger partial charge < -0.3 is 5.32 Å². The SMILES string of the molecule is Fc1ccc(CNc2cccc(C(F)(F)F)c2)cc1. The van der Waals surface area contributed by atoms with Crippen LogP contribution in [0.2, 0.25) is 0 Å². The van der Waals surface area contributed by atoms with Crippen LogP contribution in [0.5, 0.6) is 0 Å². The summed E-state index contributed by atoms with van der Waals surface area (Å²) in [6.07, 6.45) is -4.35. The first-order valence-electron chi connectivity index (χ1n) is 5.61. The molecule has 0 aromatic heterocycles. The molecule has 0 saturated carbocycles. The number of hydrogen-bond donors (Lipinski definition) is 1. The van der Waals surface area contributed by atoms with Crippen LogP contribution in [0.25, 0.3) is 0 Å². The van der Waals surface area contributed by atoms with E-state index in [-0.39, 0.29) is 5.82 Å². The molecule has 0 fully saturated rings. The van der Waals surface area contributed by atoms with Crippen LogP contribution in [-0.4, -0.2) is 0 Å². The molecule has 2 aromatic carbocycles. The highest BCUT2D eigenvalue weighted by atomic mass is 19.4. The molecule has 0 spiro atoms. The van der Waals surface area contributed by atoms with Crippen LogP contribution < -0.4 is 5.32 Å². The number of nitrogens with one attached hydrogen (secondary N) is 1. The molecule has 0 heterocycles. The zero-order chi connectivity index (χ0) is 13.9. The molecule has 0 bridgehead atoms. The fraction of sp³-hybridized carbons (Fsp3) is 0.143. The maximum absolute atomic E-state index is 12.7. The molecular formula is C14H11F4N. The molecule has 0 aliphatic rings. The molecule has 2 aromatic rings. The van der Waals surface area contributed by atoms with Crippen LogP contribution in [0.3, 0.4) is 0 Å². The molecule has 5 heteroatoms. The Kier molecular flexibility index (Phi) is 3.74. The normalized spacial score (nSPS) is 11.4. The molecule has 2 rings (SSSR count). The van der Waals surface area contributed by atoms with Gasteiger partial charge in [0.2, 0.25) is 0 Å². The Morgan fingerprint density at radius 2 is 1.63 bits per heavy atom. The second-order valence-electron chi connectivity index (χ2n) is 4.06. The molecule has 0 unspecified atom stereocenters. The van der Waals surface area contributed by atoms with Gasteiger partial charge in [-0.1, -0.05) is 18.2 Å². The fourth-order valence-corrected chi connectivity index (χ4v) is 1.61. The van der Waals surface area contributed by atoms with Crippen molar-refractivity contribution in [2.24, 2.45) is 0 Å². The molecule has 1 N–H and O–H groups in total. The molecule has 0 amide bonds. The number of halogens is 4. The molecule has 0 saturated heterocycles. The van der Waals surface area contributed by atoms with Gasteiger partial charge in [0.1, 0.15) is 5.82 Å². The fourth-order valence-electron chi connectivity index (χ4n) is 1.61. The van der Waals surface area contributed by atoms with E-state index >= 15 is 0 Å². The van der Waals surface area contributed by atoms with E-state index in [9.17, 15) is 17.6 Å². The summed E-state index contributed by atoms with van der Waals surface area (Å²) in [6, 6.07) is 10.7. The summed E-state index contributed by atoms with van der Waals surface area (Å²) in [7, 11) is 0. The Balaban J connectivity index is 2.05. The number of rotatable bonds is 3. The van der Waals surface area contributed by atoms with Crippen molar-refractivity contribution in [3.8, 4) is 0 Å². The second-order valence-corrected chi connectivity index (χ2v) is 4.06. The van der Waals surface area contributed by atoms with Crippen LogP contribution in [0.15, 0.2) is 48.5 Å². The van der Waals surface area contributed by atoms with Crippen LogP contribution >= 0.6 is 0 Å². The maximum Gasteiger partial charge on any atom is 0.416 e. The van der Waals surface area contributed by atoms with Crippen molar-refractivity contribution in [2.75, 3.05) is 5.32 Å².